The van der Waals surface area contributed by atoms with Gasteiger partial charge in [0.25, 0.3) is 0 Å². The zero-order chi connectivity index (χ0) is 12.4. The van der Waals surface area contributed by atoms with Gasteiger partial charge in [0.2, 0.25) is 0 Å². The van der Waals surface area contributed by atoms with E-state index in [9.17, 15) is 9.59 Å². The number of unbranched alkanes of at least 4 members (excludes halogenated alkanes) is 2. The first-order valence-electron chi connectivity index (χ1n) is 5.28. The van der Waals surface area contributed by atoms with Crippen LogP contribution in [0.2, 0.25) is 0 Å². The first kappa shape index (κ1) is 14.5. The number of rotatable bonds is 5. The third-order valence-electron chi connectivity index (χ3n) is 2.06. The Bertz CT molecular complexity index is 269. The third-order valence-corrected chi connectivity index (χ3v) is 2.06. The minimum atomic E-state index is -0.927. The maximum absolute atomic E-state index is 11.2. The maximum atomic E-state index is 11.2. The highest BCUT2D eigenvalue weighted by Gasteiger charge is 2.27. The van der Waals surface area contributed by atoms with Crippen molar-refractivity contribution in [2.75, 3.05) is 14.2 Å². The molecular weight excluding hydrogens is 208 g/mol. The number of hydrogen-bond acceptors (Lipinski definition) is 4. The lowest BCUT2D eigenvalue weighted by molar-refractivity contribution is -0.158. The molecule has 0 spiro atoms. The van der Waals surface area contributed by atoms with Gasteiger partial charge in [0.1, 0.15) is 0 Å². The van der Waals surface area contributed by atoms with Crippen molar-refractivity contribution in [3.8, 4) is 11.8 Å². The zero-order valence-corrected chi connectivity index (χ0v) is 10.0. The van der Waals surface area contributed by atoms with E-state index in [1.807, 2.05) is 0 Å². The van der Waals surface area contributed by atoms with Crippen LogP contribution in [-0.2, 0) is 19.1 Å². The van der Waals surface area contributed by atoms with Crippen LogP contribution in [0.25, 0.3) is 0 Å². The molecule has 0 aliphatic heterocycles. The molecule has 0 saturated heterocycles. The Morgan fingerprint density at radius 2 is 1.69 bits per heavy atom. The molecule has 0 saturated carbocycles. The van der Waals surface area contributed by atoms with Crippen LogP contribution in [0.3, 0.4) is 0 Å². The van der Waals surface area contributed by atoms with Gasteiger partial charge in [-0.25, -0.2) is 0 Å². The van der Waals surface area contributed by atoms with Crippen LogP contribution in [0.4, 0.5) is 0 Å². The van der Waals surface area contributed by atoms with Crippen molar-refractivity contribution in [3.05, 3.63) is 0 Å². The summed E-state index contributed by atoms with van der Waals surface area (Å²) in [6, 6.07) is 0. The molecule has 0 unspecified atom stereocenters. The second kappa shape index (κ2) is 8.78. The van der Waals surface area contributed by atoms with Gasteiger partial charge in [-0.1, -0.05) is 13.3 Å². The summed E-state index contributed by atoms with van der Waals surface area (Å²) in [4.78, 5) is 22.5. The largest absolute Gasteiger partial charge is 0.468 e. The Morgan fingerprint density at radius 3 is 2.12 bits per heavy atom. The number of carbonyl (C=O) groups is 2. The summed E-state index contributed by atoms with van der Waals surface area (Å²) >= 11 is 0. The lowest BCUT2D eigenvalue weighted by Gasteiger charge is -2.08. The normalized spacial score (nSPS) is 9.25. The Hall–Kier alpha value is -1.50. The molecule has 16 heavy (non-hydrogen) atoms. The Morgan fingerprint density at radius 1 is 1.12 bits per heavy atom. The standard InChI is InChI=1S/C12H18O4/c1-4-5-6-7-8-9-10(11(13)15-2)12(14)16-3/h10H,4-6,9H2,1-3H3. The van der Waals surface area contributed by atoms with E-state index in [0.29, 0.717) is 0 Å². The molecule has 0 rings (SSSR count). The van der Waals surface area contributed by atoms with Crippen LogP contribution in [0.1, 0.15) is 32.6 Å². The molecule has 90 valence electrons. The highest BCUT2D eigenvalue weighted by Crippen LogP contribution is 2.07. The molecule has 0 heterocycles. The van der Waals surface area contributed by atoms with E-state index >= 15 is 0 Å². The van der Waals surface area contributed by atoms with Crippen LogP contribution in [0, 0.1) is 17.8 Å². The van der Waals surface area contributed by atoms with Crippen molar-refractivity contribution in [3.63, 3.8) is 0 Å². The van der Waals surface area contributed by atoms with E-state index in [0.717, 1.165) is 19.3 Å². The van der Waals surface area contributed by atoms with Crippen LogP contribution < -0.4 is 0 Å². The quantitative estimate of drug-likeness (QED) is 0.309. The van der Waals surface area contributed by atoms with Crippen molar-refractivity contribution in [2.24, 2.45) is 5.92 Å². The summed E-state index contributed by atoms with van der Waals surface area (Å²) in [6.45, 7) is 2.08. The average molecular weight is 226 g/mol. The monoisotopic (exact) mass is 226 g/mol. The molecule has 0 aromatic heterocycles. The summed E-state index contributed by atoms with van der Waals surface area (Å²) in [5.74, 6) is 3.58. The number of carbonyl (C=O) groups excluding carboxylic acids is 2. The van der Waals surface area contributed by atoms with Crippen LogP contribution in [-0.4, -0.2) is 26.2 Å². The first-order chi connectivity index (χ1) is 7.67. The van der Waals surface area contributed by atoms with Gasteiger partial charge in [-0.15, -0.1) is 11.8 Å². The summed E-state index contributed by atoms with van der Waals surface area (Å²) < 4.78 is 9.01. The topological polar surface area (TPSA) is 52.6 Å². The third kappa shape index (κ3) is 5.40. The summed E-state index contributed by atoms with van der Waals surface area (Å²) in [7, 11) is 2.48. The lowest BCUT2D eigenvalue weighted by Crippen LogP contribution is -2.26. The van der Waals surface area contributed by atoms with E-state index in [-0.39, 0.29) is 6.42 Å². The summed E-state index contributed by atoms with van der Waals surface area (Å²) in [5.41, 5.74) is 0. The molecule has 0 amide bonds. The molecular formula is C12H18O4. The van der Waals surface area contributed by atoms with Crippen molar-refractivity contribution in [1.29, 1.82) is 0 Å². The average Bonchev–Trinajstić information content (AvgIpc) is 2.32. The van der Waals surface area contributed by atoms with Crippen molar-refractivity contribution in [2.45, 2.75) is 32.6 Å². The fourth-order valence-electron chi connectivity index (χ4n) is 1.08. The maximum Gasteiger partial charge on any atom is 0.321 e. The fourth-order valence-corrected chi connectivity index (χ4v) is 1.08. The predicted octanol–water partition coefficient (Wildman–Crippen LogP) is 1.53. The molecule has 0 fully saturated rings. The van der Waals surface area contributed by atoms with Gasteiger partial charge in [0, 0.05) is 12.8 Å². The van der Waals surface area contributed by atoms with Gasteiger partial charge in [-0.05, 0) is 6.42 Å². The second-order valence-electron chi connectivity index (χ2n) is 3.26. The minimum Gasteiger partial charge on any atom is -0.468 e. The lowest BCUT2D eigenvalue weighted by atomic mass is 10.1. The number of methoxy groups -OCH3 is 2. The van der Waals surface area contributed by atoms with Gasteiger partial charge in [0.05, 0.1) is 14.2 Å². The van der Waals surface area contributed by atoms with Gasteiger partial charge in [-0.2, -0.15) is 0 Å². The smallest absolute Gasteiger partial charge is 0.321 e. The Kier molecular flexibility index (Phi) is 7.96. The molecule has 4 heteroatoms. The van der Waals surface area contributed by atoms with Gasteiger partial charge < -0.3 is 9.47 Å². The summed E-state index contributed by atoms with van der Waals surface area (Å²) in [6.07, 6.45) is 3.04. The molecule has 0 radical (unpaired) electrons. The predicted molar refractivity (Wildman–Crippen MR) is 59.4 cm³/mol. The second-order valence-corrected chi connectivity index (χ2v) is 3.26. The number of ether oxygens (including phenoxy) is 2. The SMILES string of the molecule is CCCCC#CCC(C(=O)OC)C(=O)OC. The highest BCUT2D eigenvalue weighted by atomic mass is 16.5. The molecule has 0 aromatic carbocycles. The molecule has 0 bridgehead atoms. The highest BCUT2D eigenvalue weighted by molar-refractivity contribution is 5.95. The number of esters is 2. The first-order valence-corrected chi connectivity index (χ1v) is 5.28. The molecule has 4 nitrogen and oxygen atoms in total. The zero-order valence-electron chi connectivity index (χ0n) is 10.0. The van der Waals surface area contributed by atoms with E-state index < -0.39 is 17.9 Å². The van der Waals surface area contributed by atoms with E-state index in [1.54, 1.807) is 0 Å². The Balaban J connectivity index is 4.25. The van der Waals surface area contributed by atoms with Gasteiger partial charge in [-0.3, -0.25) is 9.59 Å². The van der Waals surface area contributed by atoms with Gasteiger partial charge >= 0.3 is 11.9 Å². The van der Waals surface area contributed by atoms with Crippen LogP contribution >= 0.6 is 0 Å². The van der Waals surface area contributed by atoms with E-state index in [4.69, 9.17) is 0 Å². The molecule has 0 N–H and O–H groups in total. The van der Waals surface area contributed by atoms with Crippen molar-refractivity contribution < 1.29 is 19.1 Å². The minimum absolute atomic E-state index is 0.156. The van der Waals surface area contributed by atoms with Crippen LogP contribution in [0.15, 0.2) is 0 Å². The molecule has 0 aliphatic rings. The molecule has 0 atom stereocenters. The van der Waals surface area contributed by atoms with Gasteiger partial charge in [0.15, 0.2) is 5.92 Å². The number of hydrogen-bond donors (Lipinski definition) is 0. The van der Waals surface area contributed by atoms with E-state index in [2.05, 4.69) is 28.2 Å². The molecule has 0 aromatic rings. The fraction of sp³-hybridized carbons (Fsp3) is 0.667. The van der Waals surface area contributed by atoms with Crippen LogP contribution in [0.5, 0.6) is 0 Å². The molecule has 0 aliphatic carbocycles. The summed E-state index contributed by atoms with van der Waals surface area (Å²) in [5, 5.41) is 0. The van der Waals surface area contributed by atoms with Crippen molar-refractivity contribution in [1.82, 2.24) is 0 Å². The Labute approximate surface area is 96.3 Å². The van der Waals surface area contributed by atoms with Crippen molar-refractivity contribution >= 4 is 11.9 Å². The van der Waals surface area contributed by atoms with E-state index in [1.165, 1.54) is 14.2 Å².